The molecule has 110 valence electrons. The van der Waals surface area contributed by atoms with Gasteiger partial charge in [0.15, 0.2) is 0 Å². The molecule has 3 rings (SSSR count). The summed E-state index contributed by atoms with van der Waals surface area (Å²) in [4.78, 5) is 24.1. The molecule has 0 spiro atoms. The van der Waals surface area contributed by atoms with E-state index in [-0.39, 0.29) is 23.2 Å². The lowest BCUT2D eigenvalue weighted by molar-refractivity contribution is -0.146. The molecule has 0 radical (unpaired) electrons. The van der Waals surface area contributed by atoms with Crippen LogP contribution in [0.5, 0.6) is 0 Å². The fourth-order valence-electron chi connectivity index (χ4n) is 3.56. The fraction of sp³-hybridized carbons (Fsp3) is 0.375. The van der Waals surface area contributed by atoms with Crippen molar-refractivity contribution in [2.45, 2.75) is 18.3 Å². The van der Waals surface area contributed by atoms with Crippen LogP contribution in [0.1, 0.15) is 29.4 Å². The van der Waals surface area contributed by atoms with Gasteiger partial charge >= 0.3 is 11.9 Å². The lowest BCUT2D eigenvalue weighted by atomic mass is 9.77. The number of fused-ring (bicyclic) bond motifs is 5. The van der Waals surface area contributed by atoms with Gasteiger partial charge in [0.2, 0.25) is 0 Å². The molecular formula is C16H16O5. The van der Waals surface area contributed by atoms with Gasteiger partial charge in [-0.15, -0.1) is 0 Å². The first-order valence-electron chi connectivity index (χ1n) is 6.78. The highest BCUT2D eigenvalue weighted by atomic mass is 16.5. The average Bonchev–Trinajstić information content (AvgIpc) is 2.83. The minimum absolute atomic E-state index is 0.160. The van der Waals surface area contributed by atoms with Crippen LogP contribution in [-0.4, -0.2) is 31.3 Å². The molecule has 3 unspecified atom stereocenters. The van der Waals surface area contributed by atoms with Crippen LogP contribution in [0.4, 0.5) is 0 Å². The van der Waals surface area contributed by atoms with E-state index >= 15 is 0 Å². The molecule has 3 atom stereocenters. The molecule has 2 bridgehead atoms. The quantitative estimate of drug-likeness (QED) is 0.843. The van der Waals surface area contributed by atoms with E-state index < -0.39 is 17.9 Å². The molecule has 5 nitrogen and oxygen atoms in total. The van der Waals surface area contributed by atoms with E-state index in [2.05, 4.69) is 0 Å². The van der Waals surface area contributed by atoms with Crippen LogP contribution in [0, 0.1) is 5.92 Å². The molecule has 21 heavy (non-hydrogen) atoms. The number of methoxy groups -OCH3 is 2. The lowest BCUT2D eigenvalue weighted by Crippen LogP contribution is -2.31. The molecule has 5 heteroatoms. The molecule has 0 heterocycles. The molecule has 0 saturated carbocycles. The van der Waals surface area contributed by atoms with Crippen LogP contribution in [-0.2, 0) is 19.1 Å². The third-order valence-electron chi connectivity index (χ3n) is 4.44. The van der Waals surface area contributed by atoms with E-state index in [0.29, 0.717) is 6.42 Å². The van der Waals surface area contributed by atoms with Crippen molar-refractivity contribution in [3.05, 3.63) is 46.7 Å². The summed E-state index contributed by atoms with van der Waals surface area (Å²) in [6.45, 7) is 0. The topological polar surface area (TPSA) is 72.8 Å². The maximum absolute atomic E-state index is 12.1. The highest BCUT2D eigenvalue weighted by molar-refractivity contribution is 5.94. The number of aliphatic hydroxyl groups excluding tert-OH is 1. The van der Waals surface area contributed by atoms with Crippen molar-refractivity contribution in [2.75, 3.05) is 14.2 Å². The van der Waals surface area contributed by atoms with Gasteiger partial charge in [0.05, 0.1) is 19.8 Å². The summed E-state index contributed by atoms with van der Waals surface area (Å²) in [5.74, 6) is -2.57. The molecular weight excluding hydrogens is 272 g/mol. The Morgan fingerprint density at radius 3 is 2.43 bits per heavy atom. The van der Waals surface area contributed by atoms with Crippen molar-refractivity contribution < 1.29 is 24.2 Å². The molecule has 0 amide bonds. The summed E-state index contributed by atoms with van der Waals surface area (Å²) in [6, 6.07) is 7.64. The van der Waals surface area contributed by atoms with Crippen molar-refractivity contribution in [1.82, 2.24) is 0 Å². The van der Waals surface area contributed by atoms with Gasteiger partial charge in [-0.05, 0) is 17.5 Å². The molecule has 0 aromatic heterocycles. The van der Waals surface area contributed by atoms with Crippen LogP contribution in [0.15, 0.2) is 35.6 Å². The minimum Gasteiger partial charge on any atom is -0.511 e. The molecule has 2 aliphatic carbocycles. The first kappa shape index (κ1) is 13.7. The van der Waals surface area contributed by atoms with E-state index in [0.717, 1.165) is 11.1 Å². The summed E-state index contributed by atoms with van der Waals surface area (Å²) in [5.41, 5.74) is 2.14. The van der Waals surface area contributed by atoms with Crippen molar-refractivity contribution in [1.29, 1.82) is 0 Å². The van der Waals surface area contributed by atoms with Crippen molar-refractivity contribution >= 4 is 11.9 Å². The standard InChI is InChI=1S/C16H16O5/c1-20-15(18)12-10-7-11(9-6-4-3-5-8(9)10)13(14(12)17)16(19)21-2/h3-6,10-12,17H,7H2,1-2H3. The maximum Gasteiger partial charge on any atom is 0.337 e. The second kappa shape index (κ2) is 4.91. The first-order valence-corrected chi connectivity index (χ1v) is 6.78. The van der Waals surface area contributed by atoms with E-state index in [1.54, 1.807) is 0 Å². The zero-order valence-corrected chi connectivity index (χ0v) is 11.8. The number of hydrogen-bond acceptors (Lipinski definition) is 5. The van der Waals surface area contributed by atoms with Gasteiger partial charge in [-0.1, -0.05) is 24.3 Å². The Kier molecular flexibility index (Phi) is 3.20. The predicted octanol–water partition coefficient (Wildman–Crippen LogP) is 2.05. The Hall–Kier alpha value is -2.30. The molecule has 2 aliphatic rings. The minimum atomic E-state index is -0.844. The van der Waals surface area contributed by atoms with Gasteiger partial charge in [0, 0.05) is 11.8 Å². The summed E-state index contributed by atoms with van der Waals surface area (Å²) in [7, 11) is 2.54. The SMILES string of the molecule is COC(=O)C1=C(O)C(C(=O)OC)C2CC1c1ccccc12. The van der Waals surface area contributed by atoms with Gasteiger partial charge in [-0.25, -0.2) is 4.79 Å². The van der Waals surface area contributed by atoms with Gasteiger partial charge in [0.25, 0.3) is 0 Å². The van der Waals surface area contributed by atoms with Crippen LogP contribution in [0.3, 0.4) is 0 Å². The summed E-state index contributed by atoms with van der Waals surface area (Å²) < 4.78 is 9.58. The third kappa shape index (κ3) is 1.84. The first-order chi connectivity index (χ1) is 10.1. The smallest absolute Gasteiger partial charge is 0.337 e. The van der Waals surface area contributed by atoms with E-state index in [1.165, 1.54) is 14.2 Å². The van der Waals surface area contributed by atoms with Gasteiger partial charge < -0.3 is 14.6 Å². The van der Waals surface area contributed by atoms with Gasteiger partial charge in [-0.3, -0.25) is 4.79 Å². The van der Waals surface area contributed by atoms with Gasteiger partial charge in [-0.2, -0.15) is 0 Å². The number of esters is 2. The van der Waals surface area contributed by atoms with Crippen molar-refractivity contribution in [3.63, 3.8) is 0 Å². The number of carbonyl (C=O) groups is 2. The molecule has 0 fully saturated rings. The highest BCUT2D eigenvalue weighted by Gasteiger charge is 2.50. The van der Waals surface area contributed by atoms with E-state index in [4.69, 9.17) is 9.47 Å². The Labute approximate surface area is 122 Å². The maximum atomic E-state index is 12.1. The predicted molar refractivity (Wildman–Crippen MR) is 73.7 cm³/mol. The third-order valence-corrected chi connectivity index (χ3v) is 4.44. The number of hydrogen-bond donors (Lipinski definition) is 1. The number of rotatable bonds is 2. The van der Waals surface area contributed by atoms with Crippen molar-refractivity contribution in [2.24, 2.45) is 5.92 Å². The Morgan fingerprint density at radius 2 is 1.81 bits per heavy atom. The highest BCUT2D eigenvalue weighted by Crippen LogP contribution is 2.55. The molecule has 1 aromatic rings. The Balaban J connectivity index is 2.20. The normalized spacial score (nSPS) is 26.3. The zero-order valence-electron chi connectivity index (χ0n) is 11.8. The van der Waals surface area contributed by atoms with Crippen molar-refractivity contribution in [3.8, 4) is 0 Å². The number of carbonyl (C=O) groups excluding carboxylic acids is 2. The lowest BCUT2D eigenvalue weighted by Gasteiger charge is -2.28. The zero-order chi connectivity index (χ0) is 15.1. The largest absolute Gasteiger partial charge is 0.511 e. The Bertz CT molecular complexity index is 646. The van der Waals surface area contributed by atoms with Crippen LogP contribution >= 0.6 is 0 Å². The number of benzene rings is 1. The fourth-order valence-corrected chi connectivity index (χ4v) is 3.56. The molecule has 1 aromatic carbocycles. The second-order valence-electron chi connectivity index (χ2n) is 5.32. The molecule has 0 aliphatic heterocycles. The average molecular weight is 288 g/mol. The van der Waals surface area contributed by atoms with Gasteiger partial charge in [0.1, 0.15) is 11.7 Å². The number of ether oxygens (including phenoxy) is 2. The van der Waals surface area contributed by atoms with E-state index in [9.17, 15) is 14.7 Å². The monoisotopic (exact) mass is 288 g/mol. The Morgan fingerprint density at radius 1 is 1.14 bits per heavy atom. The summed E-state index contributed by atoms with van der Waals surface area (Å²) in [5, 5.41) is 10.5. The molecule has 0 saturated heterocycles. The van der Waals surface area contributed by atoms with Crippen LogP contribution in [0.2, 0.25) is 0 Å². The van der Waals surface area contributed by atoms with Crippen LogP contribution in [0.25, 0.3) is 0 Å². The van der Waals surface area contributed by atoms with E-state index in [1.807, 2.05) is 24.3 Å². The number of aliphatic hydroxyl groups is 1. The molecule has 1 N–H and O–H groups in total. The second-order valence-corrected chi connectivity index (χ2v) is 5.32. The summed E-state index contributed by atoms with van der Waals surface area (Å²) >= 11 is 0. The van der Waals surface area contributed by atoms with Crippen LogP contribution < -0.4 is 0 Å². The summed E-state index contributed by atoms with van der Waals surface area (Å²) in [6.07, 6.45) is 0.605.